The van der Waals surface area contributed by atoms with Crippen LogP contribution in [0.5, 0.6) is 17.2 Å². The van der Waals surface area contributed by atoms with E-state index in [9.17, 15) is 18.8 Å². The molecule has 0 saturated carbocycles. The van der Waals surface area contributed by atoms with E-state index in [4.69, 9.17) is 14.6 Å². The number of amides is 3. The SMILES string of the molecule is COc1cccc(CNC(=O)c2cc(C(=O)NCc3ccc(Oc4ccc(F)cc4NC(=O)O)cc3)ncn2)c1. The number of carbonyl (C=O) groups is 3. The van der Waals surface area contributed by atoms with Gasteiger partial charge in [-0.1, -0.05) is 24.3 Å². The smallest absolute Gasteiger partial charge is 0.409 e. The Morgan fingerprint density at radius 2 is 1.50 bits per heavy atom. The first kappa shape index (κ1) is 27.5. The molecule has 40 heavy (non-hydrogen) atoms. The van der Waals surface area contributed by atoms with Gasteiger partial charge in [-0.3, -0.25) is 14.9 Å². The zero-order valence-corrected chi connectivity index (χ0v) is 21.2. The Morgan fingerprint density at radius 3 is 2.15 bits per heavy atom. The maximum atomic E-state index is 13.5. The molecule has 0 saturated heterocycles. The Labute approximate surface area is 228 Å². The van der Waals surface area contributed by atoms with Crippen LogP contribution < -0.4 is 25.4 Å². The number of carbonyl (C=O) groups excluding carboxylic acids is 2. The van der Waals surface area contributed by atoms with Gasteiger partial charge in [0.15, 0.2) is 5.75 Å². The van der Waals surface area contributed by atoms with Crippen molar-refractivity contribution in [1.82, 2.24) is 20.6 Å². The van der Waals surface area contributed by atoms with E-state index in [-0.39, 0.29) is 35.9 Å². The Hall–Kier alpha value is -5.52. The highest BCUT2D eigenvalue weighted by molar-refractivity contribution is 5.97. The molecule has 4 aromatic rings. The molecule has 0 aliphatic heterocycles. The molecule has 0 atom stereocenters. The molecule has 0 spiro atoms. The van der Waals surface area contributed by atoms with Crippen LogP contribution in [0.2, 0.25) is 0 Å². The van der Waals surface area contributed by atoms with Crippen LogP contribution in [0.15, 0.2) is 79.1 Å². The van der Waals surface area contributed by atoms with Crippen LogP contribution >= 0.6 is 0 Å². The largest absolute Gasteiger partial charge is 0.497 e. The number of aromatic nitrogens is 2. The Kier molecular flexibility index (Phi) is 8.82. The molecule has 0 radical (unpaired) electrons. The molecule has 12 heteroatoms. The maximum absolute atomic E-state index is 13.5. The van der Waals surface area contributed by atoms with Gasteiger partial charge in [0.2, 0.25) is 0 Å². The normalized spacial score (nSPS) is 10.3. The minimum Gasteiger partial charge on any atom is -0.497 e. The van der Waals surface area contributed by atoms with Gasteiger partial charge in [0.1, 0.15) is 35.0 Å². The van der Waals surface area contributed by atoms with E-state index >= 15 is 0 Å². The van der Waals surface area contributed by atoms with Crippen molar-refractivity contribution in [3.63, 3.8) is 0 Å². The Morgan fingerprint density at radius 1 is 0.825 bits per heavy atom. The average Bonchev–Trinajstić information content (AvgIpc) is 2.96. The summed E-state index contributed by atoms with van der Waals surface area (Å²) in [6.45, 7) is 0.405. The summed E-state index contributed by atoms with van der Waals surface area (Å²) in [5.74, 6) is -0.415. The molecular formula is C28H24FN5O6. The summed E-state index contributed by atoms with van der Waals surface area (Å²) in [5, 5.41) is 16.5. The number of methoxy groups -OCH3 is 1. The van der Waals surface area contributed by atoms with Crippen LogP contribution in [0, 0.1) is 5.82 Å². The molecule has 0 unspecified atom stereocenters. The molecule has 204 valence electrons. The summed E-state index contributed by atoms with van der Waals surface area (Å²) in [7, 11) is 1.56. The summed E-state index contributed by atoms with van der Waals surface area (Å²) >= 11 is 0. The molecule has 11 nitrogen and oxygen atoms in total. The number of ether oxygens (including phenoxy) is 2. The number of hydrogen-bond donors (Lipinski definition) is 4. The lowest BCUT2D eigenvalue weighted by atomic mass is 10.2. The fraction of sp³-hybridized carbons (Fsp3) is 0.107. The van der Waals surface area contributed by atoms with Crippen LogP contribution in [0.3, 0.4) is 0 Å². The van der Waals surface area contributed by atoms with Gasteiger partial charge in [-0.2, -0.15) is 0 Å². The first-order valence-electron chi connectivity index (χ1n) is 11.9. The van der Waals surface area contributed by atoms with Gasteiger partial charge >= 0.3 is 6.09 Å². The predicted molar refractivity (Wildman–Crippen MR) is 142 cm³/mol. The topological polar surface area (TPSA) is 152 Å². The van der Waals surface area contributed by atoms with Crippen molar-refractivity contribution in [3.8, 4) is 17.2 Å². The number of carboxylic acid groups (broad SMARTS) is 1. The van der Waals surface area contributed by atoms with E-state index in [1.807, 2.05) is 12.1 Å². The molecule has 1 heterocycles. The Bertz CT molecular complexity index is 1530. The number of benzene rings is 3. The monoisotopic (exact) mass is 545 g/mol. The molecule has 4 N–H and O–H groups in total. The molecule has 3 amide bonds. The zero-order valence-electron chi connectivity index (χ0n) is 21.2. The number of anilines is 1. The van der Waals surface area contributed by atoms with Crippen LogP contribution in [0.4, 0.5) is 14.9 Å². The van der Waals surface area contributed by atoms with Gasteiger partial charge in [0.25, 0.3) is 11.8 Å². The minimum atomic E-state index is -1.36. The van der Waals surface area contributed by atoms with Crippen LogP contribution in [-0.4, -0.2) is 40.1 Å². The number of nitrogens with one attached hydrogen (secondary N) is 3. The van der Waals surface area contributed by atoms with E-state index in [0.717, 1.165) is 29.6 Å². The summed E-state index contributed by atoms with van der Waals surface area (Å²) in [6, 6.07) is 18.7. The van der Waals surface area contributed by atoms with Crippen molar-refractivity contribution in [1.29, 1.82) is 0 Å². The number of hydrogen-bond acceptors (Lipinski definition) is 7. The van der Waals surface area contributed by atoms with Gasteiger partial charge in [0, 0.05) is 25.2 Å². The molecule has 0 fully saturated rings. The second-order valence-corrected chi connectivity index (χ2v) is 8.32. The standard InChI is InChI=1S/C28H24FN5O6/c1-39-21-4-2-3-18(11-21)15-31-27(36)24-13-23(32-16-33-24)26(35)30-14-17-5-8-20(9-6-17)40-25-10-7-19(29)12-22(25)34-28(37)38/h2-13,16,34H,14-15H2,1H3,(H,30,35)(H,31,36)(H,37,38). The first-order chi connectivity index (χ1) is 19.3. The fourth-order valence-electron chi connectivity index (χ4n) is 3.54. The third kappa shape index (κ3) is 7.51. The molecule has 4 rings (SSSR count). The van der Waals surface area contributed by atoms with Crippen LogP contribution in [-0.2, 0) is 13.1 Å². The summed E-state index contributed by atoms with van der Waals surface area (Å²) < 4.78 is 24.3. The van der Waals surface area contributed by atoms with Gasteiger partial charge in [-0.15, -0.1) is 0 Å². The van der Waals surface area contributed by atoms with E-state index in [2.05, 4.69) is 25.9 Å². The first-order valence-corrected chi connectivity index (χ1v) is 11.9. The third-order valence-electron chi connectivity index (χ3n) is 5.51. The number of halogens is 1. The molecule has 0 bridgehead atoms. The number of rotatable bonds is 10. The third-order valence-corrected chi connectivity index (χ3v) is 5.51. The predicted octanol–water partition coefficient (Wildman–Crippen LogP) is 4.37. The van der Waals surface area contributed by atoms with Crippen molar-refractivity contribution >= 4 is 23.6 Å². The lowest BCUT2D eigenvalue weighted by Crippen LogP contribution is -2.27. The zero-order chi connectivity index (χ0) is 28.5. The van der Waals surface area contributed by atoms with Crippen LogP contribution in [0.25, 0.3) is 0 Å². The van der Waals surface area contributed by atoms with Gasteiger partial charge in [-0.25, -0.2) is 19.2 Å². The molecule has 0 aliphatic rings. The van der Waals surface area contributed by atoms with Crippen molar-refractivity contribution in [3.05, 3.63) is 107 Å². The molecular weight excluding hydrogens is 521 g/mol. The second kappa shape index (κ2) is 12.8. The fourth-order valence-corrected chi connectivity index (χ4v) is 3.54. The van der Waals surface area contributed by atoms with Gasteiger partial charge in [0.05, 0.1) is 12.8 Å². The summed E-state index contributed by atoms with van der Waals surface area (Å²) in [6.07, 6.45) is -0.212. The summed E-state index contributed by atoms with van der Waals surface area (Å²) in [5.41, 5.74) is 1.60. The van der Waals surface area contributed by atoms with Gasteiger partial charge < -0.3 is 25.2 Å². The van der Waals surface area contributed by atoms with E-state index < -0.39 is 23.7 Å². The second-order valence-electron chi connectivity index (χ2n) is 8.32. The quantitative estimate of drug-likeness (QED) is 0.229. The lowest BCUT2D eigenvalue weighted by Gasteiger charge is -2.12. The maximum Gasteiger partial charge on any atom is 0.409 e. The van der Waals surface area contributed by atoms with E-state index in [1.54, 1.807) is 43.5 Å². The molecule has 3 aromatic carbocycles. The van der Waals surface area contributed by atoms with Crippen molar-refractivity contribution in [2.24, 2.45) is 0 Å². The highest BCUT2D eigenvalue weighted by atomic mass is 19.1. The van der Waals surface area contributed by atoms with Crippen LogP contribution in [0.1, 0.15) is 32.1 Å². The average molecular weight is 546 g/mol. The highest BCUT2D eigenvalue weighted by Gasteiger charge is 2.14. The van der Waals surface area contributed by atoms with Crippen molar-refractivity contribution in [2.45, 2.75) is 13.1 Å². The minimum absolute atomic E-state index is 0.0243. The molecule has 0 aliphatic carbocycles. The highest BCUT2D eigenvalue weighted by Crippen LogP contribution is 2.30. The van der Waals surface area contributed by atoms with Gasteiger partial charge in [-0.05, 0) is 47.5 Å². The van der Waals surface area contributed by atoms with E-state index in [1.165, 1.54) is 12.1 Å². The number of nitrogens with zero attached hydrogens (tertiary/aromatic N) is 2. The Balaban J connectivity index is 1.32. The summed E-state index contributed by atoms with van der Waals surface area (Å²) in [4.78, 5) is 44.1. The van der Waals surface area contributed by atoms with E-state index in [0.29, 0.717) is 11.5 Å². The molecule has 1 aromatic heterocycles. The van der Waals surface area contributed by atoms with Crippen molar-refractivity contribution in [2.75, 3.05) is 12.4 Å². The van der Waals surface area contributed by atoms with Crippen molar-refractivity contribution < 1.29 is 33.4 Å². The lowest BCUT2D eigenvalue weighted by molar-refractivity contribution is 0.0944.